The summed E-state index contributed by atoms with van der Waals surface area (Å²) in [5.74, 6) is 0.254. The van der Waals surface area contributed by atoms with Gasteiger partial charge in [-0.15, -0.1) is 0 Å². The zero-order chi connectivity index (χ0) is 23.2. The monoisotopic (exact) mass is 470 g/mol. The van der Waals surface area contributed by atoms with E-state index in [9.17, 15) is 4.79 Å². The number of carbonyl (C=O) groups is 1. The Bertz CT molecular complexity index is 1210. The largest absolute Gasteiger partial charge is 0.382 e. The van der Waals surface area contributed by atoms with E-state index in [1.165, 1.54) is 6.33 Å². The van der Waals surface area contributed by atoms with Crippen molar-refractivity contribution in [1.82, 2.24) is 24.8 Å². The quantitative estimate of drug-likeness (QED) is 0.471. The van der Waals surface area contributed by atoms with Crippen molar-refractivity contribution in [2.24, 2.45) is 5.73 Å². The zero-order valence-corrected chi connectivity index (χ0v) is 19.2. The highest BCUT2D eigenvalue weighted by molar-refractivity contribution is 6.31. The molecule has 1 aliphatic heterocycles. The van der Waals surface area contributed by atoms with E-state index in [0.29, 0.717) is 54.7 Å². The lowest BCUT2D eigenvalue weighted by atomic mass is 9.99. The van der Waals surface area contributed by atoms with E-state index in [1.807, 2.05) is 16.7 Å². The molecule has 1 atom stereocenters. The van der Waals surface area contributed by atoms with Crippen LogP contribution in [0.2, 0.25) is 5.02 Å². The van der Waals surface area contributed by atoms with Gasteiger partial charge in [-0.1, -0.05) is 11.6 Å². The molecule has 2 fully saturated rings. The Kier molecular flexibility index (Phi) is 5.59. The molecule has 1 aliphatic carbocycles. The van der Waals surface area contributed by atoms with Gasteiger partial charge in [-0.25, -0.2) is 15.0 Å². The second-order valence-corrected chi connectivity index (χ2v) is 9.24. The number of fused-ring (bicyclic) bond motifs is 1. The number of imidazole rings is 1. The highest BCUT2D eigenvalue weighted by atomic mass is 35.5. The second-order valence-electron chi connectivity index (χ2n) is 8.84. The molecular formula is C22H27ClN8O2. The summed E-state index contributed by atoms with van der Waals surface area (Å²) in [7, 11) is 1.64. The van der Waals surface area contributed by atoms with Gasteiger partial charge in [-0.05, 0) is 31.4 Å². The third-order valence-corrected chi connectivity index (χ3v) is 6.76. The van der Waals surface area contributed by atoms with Crippen LogP contribution in [-0.4, -0.2) is 57.2 Å². The van der Waals surface area contributed by atoms with Gasteiger partial charge in [0.15, 0.2) is 11.5 Å². The lowest BCUT2D eigenvalue weighted by molar-refractivity contribution is -0.125. The summed E-state index contributed by atoms with van der Waals surface area (Å²) >= 11 is 6.58. The summed E-state index contributed by atoms with van der Waals surface area (Å²) in [6.07, 6.45) is 5.75. The van der Waals surface area contributed by atoms with Gasteiger partial charge in [0.05, 0.1) is 19.5 Å². The Morgan fingerprint density at radius 2 is 2.12 bits per heavy atom. The summed E-state index contributed by atoms with van der Waals surface area (Å²) in [5, 5.41) is 3.67. The summed E-state index contributed by atoms with van der Waals surface area (Å²) in [4.78, 5) is 27.7. The number of amides is 1. The lowest BCUT2D eigenvalue weighted by Crippen LogP contribution is -2.56. The predicted octanol–water partition coefficient (Wildman–Crippen LogP) is 1.44. The third-order valence-electron chi connectivity index (χ3n) is 6.40. The van der Waals surface area contributed by atoms with Crippen LogP contribution in [0, 0.1) is 0 Å². The van der Waals surface area contributed by atoms with Crippen molar-refractivity contribution in [1.29, 1.82) is 0 Å². The molecule has 0 spiro atoms. The number of nitrogens with zero attached hydrogens (tertiary/aromatic N) is 5. The Morgan fingerprint density at radius 1 is 1.30 bits per heavy atom. The van der Waals surface area contributed by atoms with Gasteiger partial charge in [0.2, 0.25) is 5.91 Å². The molecule has 1 aromatic carbocycles. The number of nitrogen functional groups attached to an aromatic ring is 1. The fourth-order valence-corrected chi connectivity index (χ4v) is 4.62. The first kappa shape index (κ1) is 21.9. The van der Waals surface area contributed by atoms with Gasteiger partial charge in [0.25, 0.3) is 0 Å². The molecule has 3 aromatic rings. The maximum atomic E-state index is 12.8. The number of rotatable bonds is 7. The van der Waals surface area contributed by atoms with Crippen LogP contribution in [0.15, 0.2) is 24.8 Å². The van der Waals surface area contributed by atoms with E-state index in [1.54, 1.807) is 13.4 Å². The maximum absolute atomic E-state index is 12.8. The molecule has 174 valence electrons. The predicted molar refractivity (Wildman–Crippen MR) is 126 cm³/mol. The van der Waals surface area contributed by atoms with Crippen molar-refractivity contribution in [3.05, 3.63) is 40.9 Å². The smallest absolute Gasteiger partial charge is 0.242 e. The minimum atomic E-state index is -0.926. The number of ether oxygens (including phenoxy) is 1. The van der Waals surface area contributed by atoms with E-state index in [2.05, 4.69) is 25.2 Å². The second kappa shape index (κ2) is 8.44. The van der Waals surface area contributed by atoms with Gasteiger partial charge in [0, 0.05) is 48.1 Å². The summed E-state index contributed by atoms with van der Waals surface area (Å²) in [6, 6.07) is 4.11. The first-order valence-corrected chi connectivity index (χ1v) is 11.3. The number of halogens is 1. The number of anilines is 2. The Labute approximate surface area is 196 Å². The molecule has 5 N–H and O–H groups in total. The van der Waals surface area contributed by atoms with Crippen LogP contribution in [0.4, 0.5) is 11.5 Å². The number of methoxy groups -OCH3 is 1. The van der Waals surface area contributed by atoms with Crippen molar-refractivity contribution in [3.8, 4) is 0 Å². The lowest BCUT2D eigenvalue weighted by Gasteiger charge is -2.27. The standard InChI is InChI=1S/C22H27ClN8O2/c1-33-9-15-14(8-31-12-28-18-19(24)26-11-27-20(18)31)17(5-4-16(15)23)30-7-6-22(25,10-30)21(32)29-13-2-3-13/h4-5,11-13H,2-3,6-10,25H2,1H3,(H,29,32)(H2,24,26,27). The average molecular weight is 471 g/mol. The molecule has 11 heteroatoms. The summed E-state index contributed by atoms with van der Waals surface area (Å²) in [5.41, 5.74) is 15.6. The number of nitrogens with one attached hydrogen (secondary N) is 1. The van der Waals surface area contributed by atoms with Crippen molar-refractivity contribution in [3.63, 3.8) is 0 Å². The van der Waals surface area contributed by atoms with E-state index >= 15 is 0 Å². The molecule has 0 bridgehead atoms. The highest BCUT2D eigenvalue weighted by Gasteiger charge is 2.43. The van der Waals surface area contributed by atoms with Crippen LogP contribution in [0.1, 0.15) is 30.4 Å². The van der Waals surface area contributed by atoms with Gasteiger partial charge in [-0.3, -0.25) is 4.79 Å². The normalized spacial score (nSPS) is 20.5. The molecule has 1 unspecified atom stereocenters. The number of nitrogens with two attached hydrogens (primary N) is 2. The minimum absolute atomic E-state index is 0.0760. The molecule has 1 saturated carbocycles. The number of hydrogen-bond donors (Lipinski definition) is 3. The van der Waals surface area contributed by atoms with Crippen LogP contribution in [0.3, 0.4) is 0 Å². The molecule has 1 amide bonds. The molecule has 2 aliphatic rings. The number of hydrogen-bond acceptors (Lipinski definition) is 8. The fraction of sp³-hybridized carbons (Fsp3) is 0.455. The van der Waals surface area contributed by atoms with Gasteiger partial charge in [0.1, 0.15) is 17.4 Å². The van der Waals surface area contributed by atoms with Gasteiger partial charge >= 0.3 is 0 Å². The van der Waals surface area contributed by atoms with E-state index in [-0.39, 0.29) is 11.9 Å². The zero-order valence-electron chi connectivity index (χ0n) is 18.4. The highest BCUT2D eigenvalue weighted by Crippen LogP contribution is 2.35. The minimum Gasteiger partial charge on any atom is -0.382 e. The number of benzene rings is 1. The molecule has 5 rings (SSSR count). The molecule has 2 aromatic heterocycles. The van der Waals surface area contributed by atoms with Gasteiger partial charge in [-0.2, -0.15) is 0 Å². The van der Waals surface area contributed by atoms with Crippen molar-refractivity contribution >= 4 is 40.2 Å². The van der Waals surface area contributed by atoms with E-state index in [0.717, 1.165) is 29.7 Å². The number of carbonyl (C=O) groups excluding carboxylic acids is 1. The van der Waals surface area contributed by atoms with Crippen molar-refractivity contribution < 1.29 is 9.53 Å². The average Bonchev–Trinajstić information content (AvgIpc) is 3.37. The van der Waals surface area contributed by atoms with Crippen LogP contribution >= 0.6 is 11.6 Å². The summed E-state index contributed by atoms with van der Waals surface area (Å²) < 4.78 is 7.37. The molecule has 33 heavy (non-hydrogen) atoms. The third kappa shape index (κ3) is 4.09. The van der Waals surface area contributed by atoms with Crippen LogP contribution in [0.5, 0.6) is 0 Å². The van der Waals surface area contributed by atoms with Gasteiger partial charge < -0.3 is 31.0 Å². The Morgan fingerprint density at radius 3 is 2.88 bits per heavy atom. The molecule has 3 heterocycles. The van der Waals surface area contributed by atoms with Crippen molar-refractivity contribution in [2.75, 3.05) is 30.8 Å². The van der Waals surface area contributed by atoms with Crippen LogP contribution in [-0.2, 0) is 22.7 Å². The maximum Gasteiger partial charge on any atom is 0.242 e. The Hall–Kier alpha value is -2.95. The topological polar surface area (TPSA) is 137 Å². The SMILES string of the molecule is COCc1c(Cl)ccc(N2CCC(N)(C(=O)NC3CC3)C2)c1Cn1cnc2c(N)ncnc21. The Balaban J connectivity index is 1.51. The first-order chi connectivity index (χ1) is 15.9. The molecular weight excluding hydrogens is 444 g/mol. The van der Waals surface area contributed by atoms with Crippen LogP contribution in [0.25, 0.3) is 11.2 Å². The first-order valence-electron chi connectivity index (χ1n) is 10.9. The molecule has 1 saturated heterocycles. The van der Waals surface area contributed by atoms with Crippen LogP contribution < -0.4 is 21.7 Å². The molecule has 0 radical (unpaired) electrons. The number of aromatic nitrogens is 4. The van der Waals surface area contributed by atoms with E-state index in [4.69, 9.17) is 27.8 Å². The van der Waals surface area contributed by atoms with Crippen molar-refractivity contribution in [2.45, 2.75) is 44.0 Å². The van der Waals surface area contributed by atoms with E-state index < -0.39 is 5.54 Å². The fourth-order valence-electron chi connectivity index (χ4n) is 4.39. The molecule has 10 nitrogen and oxygen atoms in total. The summed E-state index contributed by atoms with van der Waals surface area (Å²) in [6.45, 7) is 1.88.